The summed E-state index contributed by atoms with van der Waals surface area (Å²) in [5, 5.41) is 3.48. The van der Waals surface area contributed by atoms with E-state index in [4.69, 9.17) is 4.74 Å². The van der Waals surface area contributed by atoms with E-state index < -0.39 is 0 Å². The standard InChI is InChI=1S/C18H30N2O/c1-4-21-18-8-10-20(11-9-18)14-17-7-5-6-16(12-17)13-19-15(2)3/h5-7,12,15,18-19H,4,8-11,13-14H2,1-3H3. The Kier molecular flexibility index (Phi) is 6.68. The van der Waals surface area contributed by atoms with E-state index >= 15 is 0 Å². The monoisotopic (exact) mass is 290 g/mol. The number of nitrogens with zero attached hydrogens (tertiary/aromatic N) is 1. The average Bonchev–Trinajstić information content (AvgIpc) is 2.48. The van der Waals surface area contributed by atoms with Gasteiger partial charge in [0.2, 0.25) is 0 Å². The van der Waals surface area contributed by atoms with Gasteiger partial charge in [-0.3, -0.25) is 4.90 Å². The van der Waals surface area contributed by atoms with Crippen molar-refractivity contribution in [1.82, 2.24) is 10.2 Å². The van der Waals surface area contributed by atoms with Crippen LogP contribution in [0.25, 0.3) is 0 Å². The van der Waals surface area contributed by atoms with Crippen LogP contribution in [0.5, 0.6) is 0 Å². The van der Waals surface area contributed by atoms with Crippen LogP contribution in [0.4, 0.5) is 0 Å². The molecule has 1 N–H and O–H groups in total. The summed E-state index contributed by atoms with van der Waals surface area (Å²) in [6.07, 6.45) is 2.82. The van der Waals surface area contributed by atoms with E-state index in [1.807, 2.05) is 0 Å². The first kappa shape index (κ1) is 16.5. The summed E-state index contributed by atoms with van der Waals surface area (Å²) in [6.45, 7) is 11.6. The lowest BCUT2D eigenvalue weighted by atomic mass is 10.1. The predicted octanol–water partition coefficient (Wildman–Crippen LogP) is 3.19. The number of piperidine rings is 1. The zero-order valence-electron chi connectivity index (χ0n) is 13.8. The molecule has 1 aliphatic heterocycles. The number of hydrogen-bond donors (Lipinski definition) is 1. The Hall–Kier alpha value is -0.900. The van der Waals surface area contributed by atoms with Gasteiger partial charge in [0.15, 0.2) is 0 Å². The normalized spacial score (nSPS) is 17.5. The van der Waals surface area contributed by atoms with Gasteiger partial charge in [0.25, 0.3) is 0 Å². The van der Waals surface area contributed by atoms with Crippen LogP contribution in [0.1, 0.15) is 44.7 Å². The highest BCUT2D eigenvalue weighted by molar-refractivity contribution is 5.23. The molecule has 0 aromatic heterocycles. The second-order valence-corrected chi connectivity index (χ2v) is 6.29. The molecule has 0 atom stereocenters. The Morgan fingerprint density at radius 1 is 1.24 bits per heavy atom. The molecule has 1 fully saturated rings. The minimum atomic E-state index is 0.479. The Morgan fingerprint density at radius 2 is 1.95 bits per heavy atom. The summed E-state index contributed by atoms with van der Waals surface area (Å²) in [4.78, 5) is 2.55. The van der Waals surface area contributed by atoms with Crippen LogP contribution in [-0.2, 0) is 17.8 Å². The number of rotatable bonds is 7. The van der Waals surface area contributed by atoms with Gasteiger partial charge in [-0.25, -0.2) is 0 Å². The van der Waals surface area contributed by atoms with Crippen LogP contribution in [0.15, 0.2) is 24.3 Å². The van der Waals surface area contributed by atoms with Crippen molar-refractivity contribution >= 4 is 0 Å². The fraction of sp³-hybridized carbons (Fsp3) is 0.667. The summed E-state index contributed by atoms with van der Waals surface area (Å²) in [5.41, 5.74) is 2.80. The first-order chi connectivity index (χ1) is 10.2. The van der Waals surface area contributed by atoms with E-state index in [0.29, 0.717) is 12.1 Å². The fourth-order valence-electron chi connectivity index (χ4n) is 2.89. The molecule has 1 aliphatic rings. The molecule has 1 aromatic rings. The maximum atomic E-state index is 5.72. The molecule has 1 saturated heterocycles. The third-order valence-corrected chi connectivity index (χ3v) is 4.05. The number of ether oxygens (including phenoxy) is 1. The average molecular weight is 290 g/mol. The molecule has 3 nitrogen and oxygen atoms in total. The number of likely N-dealkylation sites (tertiary alicyclic amines) is 1. The first-order valence-electron chi connectivity index (χ1n) is 8.32. The molecule has 1 aromatic carbocycles. The number of benzene rings is 1. The van der Waals surface area contributed by atoms with Crippen LogP contribution >= 0.6 is 0 Å². The second kappa shape index (κ2) is 8.52. The minimum absolute atomic E-state index is 0.479. The van der Waals surface area contributed by atoms with Crippen molar-refractivity contribution in [3.05, 3.63) is 35.4 Å². The van der Waals surface area contributed by atoms with Crippen molar-refractivity contribution in [2.75, 3.05) is 19.7 Å². The molecule has 2 rings (SSSR count). The lowest BCUT2D eigenvalue weighted by Crippen LogP contribution is -2.36. The van der Waals surface area contributed by atoms with E-state index in [1.54, 1.807) is 0 Å². The van der Waals surface area contributed by atoms with E-state index in [0.717, 1.165) is 32.8 Å². The van der Waals surface area contributed by atoms with E-state index in [1.165, 1.54) is 24.0 Å². The number of nitrogens with one attached hydrogen (secondary N) is 1. The van der Waals surface area contributed by atoms with E-state index in [-0.39, 0.29) is 0 Å². The van der Waals surface area contributed by atoms with Gasteiger partial charge in [0, 0.05) is 38.8 Å². The third kappa shape index (κ3) is 5.77. The van der Waals surface area contributed by atoms with Gasteiger partial charge in [0.1, 0.15) is 0 Å². The summed E-state index contributed by atoms with van der Waals surface area (Å²) < 4.78 is 5.72. The lowest BCUT2D eigenvalue weighted by molar-refractivity contribution is 0.0125. The molecule has 0 unspecified atom stereocenters. The summed E-state index contributed by atoms with van der Waals surface area (Å²) in [7, 11) is 0. The summed E-state index contributed by atoms with van der Waals surface area (Å²) >= 11 is 0. The van der Waals surface area contributed by atoms with Gasteiger partial charge < -0.3 is 10.1 Å². The van der Waals surface area contributed by atoms with Gasteiger partial charge in [0.05, 0.1) is 6.10 Å². The van der Waals surface area contributed by atoms with Crippen molar-refractivity contribution in [3.63, 3.8) is 0 Å². The molecule has 3 heteroatoms. The Balaban J connectivity index is 1.81. The molecule has 21 heavy (non-hydrogen) atoms. The molecule has 0 aliphatic carbocycles. The van der Waals surface area contributed by atoms with Crippen LogP contribution in [0, 0.1) is 0 Å². The zero-order chi connectivity index (χ0) is 15.1. The molecule has 0 radical (unpaired) electrons. The lowest BCUT2D eigenvalue weighted by Gasteiger charge is -2.31. The van der Waals surface area contributed by atoms with Crippen molar-refractivity contribution in [3.8, 4) is 0 Å². The molecule has 0 saturated carbocycles. The van der Waals surface area contributed by atoms with Crippen molar-refractivity contribution < 1.29 is 4.74 Å². The molecule has 0 bridgehead atoms. The summed E-state index contributed by atoms with van der Waals surface area (Å²) in [6, 6.07) is 9.50. The largest absolute Gasteiger partial charge is 0.378 e. The molecular weight excluding hydrogens is 260 g/mol. The quantitative estimate of drug-likeness (QED) is 0.834. The van der Waals surface area contributed by atoms with Crippen molar-refractivity contribution in [2.24, 2.45) is 0 Å². The SMILES string of the molecule is CCOC1CCN(Cc2cccc(CNC(C)C)c2)CC1. The summed E-state index contributed by atoms with van der Waals surface area (Å²) in [5.74, 6) is 0. The molecular formula is C18H30N2O. The highest BCUT2D eigenvalue weighted by Gasteiger charge is 2.19. The third-order valence-electron chi connectivity index (χ3n) is 4.05. The molecule has 118 valence electrons. The maximum absolute atomic E-state index is 5.72. The van der Waals surface area contributed by atoms with E-state index in [2.05, 4.69) is 55.3 Å². The highest BCUT2D eigenvalue weighted by atomic mass is 16.5. The minimum Gasteiger partial charge on any atom is -0.378 e. The van der Waals surface area contributed by atoms with Crippen molar-refractivity contribution in [1.29, 1.82) is 0 Å². The van der Waals surface area contributed by atoms with E-state index in [9.17, 15) is 0 Å². The maximum Gasteiger partial charge on any atom is 0.0599 e. The Labute approximate surface area is 129 Å². The van der Waals surface area contributed by atoms with Gasteiger partial charge >= 0.3 is 0 Å². The molecule has 0 amide bonds. The smallest absolute Gasteiger partial charge is 0.0599 e. The van der Waals surface area contributed by atoms with Crippen LogP contribution in [0.3, 0.4) is 0 Å². The van der Waals surface area contributed by atoms with Gasteiger partial charge in [-0.05, 0) is 30.9 Å². The van der Waals surface area contributed by atoms with Crippen LogP contribution in [-0.4, -0.2) is 36.7 Å². The Bertz CT molecular complexity index is 411. The highest BCUT2D eigenvalue weighted by Crippen LogP contribution is 2.17. The van der Waals surface area contributed by atoms with Gasteiger partial charge in [-0.15, -0.1) is 0 Å². The van der Waals surface area contributed by atoms with Gasteiger partial charge in [-0.1, -0.05) is 38.1 Å². The molecule has 0 spiro atoms. The van der Waals surface area contributed by atoms with Gasteiger partial charge in [-0.2, -0.15) is 0 Å². The van der Waals surface area contributed by atoms with Crippen molar-refractivity contribution in [2.45, 2.75) is 58.8 Å². The second-order valence-electron chi connectivity index (χ2n) is 6.29. The Morgan fingerprint density at radius 3 is 2.62 bits per heavy atom. The zero-order valence-corrected chi connectivity index (χ0v) is 13.8. The topological polar surface area (TPSA) is 24.5 Å². The van der Waals surface area contributed by atoms with Crippen LogP contribution < -0.4 is 5.32 Å². The van der Waals surface area contributed by atoms with Crippen LogP contribution in [0.2, 0.25) is 0 Å². The number of hydrogen-bond acceptors (Lipinski definition) is 3. The first-order valence-corrected chi connectivity index (χ1v) is 8.32. The molecule has 1 heterocycles. The predicted molar refractivity (Wildman–Crippen MR) is 88.3 cm³/mol. The fourth-order valence-corrected chi connectivity index (χ4v) is 2.89.